The fourth-order valence-electron chi connectivity index (χ4n) is 2.76. The molecule has 1 fully saturated rings. The summed E-state index contributed by atoms with van der Waals surface area (Å²) >= 11 is 0. The highest BCUT2D eigenvalue weighted by Crippen LogP contribution is 2.28. The zero-order valence-electron chi connectivity index (χ0n) is 14.3. The number of nitrogens with zero attached hydrogens (tertiary/aromatic N) is 1. The second kappa shape index (κ2) is 8.45. The minimum atomic E-state index is -0.492. The van der Waals surface area contributed by atoms with Crippen molar-refractivity contribution in [1.82, 2.24) is 4.90 Å². The standard InChI is InChI=1S/C20H20N2O4/c21-13-15-5-7-16(8-6-15)20(24)26-19-4-2-1-3-17(19)18(14-23)22-9-11-25-12-10-22/h1-8H,9-13,21H2. The maximum Gasteiger partial charge on any atom is 0.343 e. The molecule has 1 heterocycles. The van der Waals surface area contributed by atoms with Crippen molar-refractivity contribution in [1.29, 1.82) is 0 Å². The molecule has 6 nitrogen and oxygen atoms in total. The molecule has 2 aromatic rings. The zero-order valence-corrected chi connectivity index (χ0v) is 14.3. The Morgan fingerprint density at radius 3 is 2.46 bits per heavy atom. The van der Waals surface area contributed by atoms with E-state index in [0.29, 0.717) is 55.4 Å². The summed E-state index contributed by atoms with van der Waals surface area (Å²) in [5.41, 5.74) is 7.83. The number of nitrogens with two attached hydrogens (primary N) is 1. The molecule has 0 saturated carbocycles. The third-order valence-electron chi connectivity index (χ3n) is 4.19. The molecule has 0 atom stereocenters. The van der Waals surface area contributed by atoms with Gasteiger partial charge in [-0.2, -0.15) is 0 Å². The Bertz CT molecular complexity index is 820. The molecule has 0 spiro atoms. The fraction of sp³-hybridized carbons (Fsp3) is 0.250. The summed E-state index contributed by atoms with van der Waals surface area (Å²) in [5.74, 6) is 1.82. The Balaban J connectivity index is 1.84. The Hall–Kier alpha value is -2.92. The molecule has 26 heavy (non-hydrogen) atoms. The van der Waals surface area contributed by atoms with Gasteiger partial charge in [-0.15, -0.1) is 0 Å². The van der Waals surface area contributed by atoms with Crippen LogP contribution in [0.15, 0.2) is 48.5 Å². The Morgan fingerprint density at radius 1 is 1.12 bits per heavy atom. The fourth-order valence-corrected chi connectivity index (χ4v) is 2.76. The lowest BCUT2D eigenvalue weighted by molar-refractivity contribution is 0.0639. The first-order valence-corrected chi connectivity index (χ1v) is 8.41. The van der Waals surface area contributed by atoms with Gasteiger partial charge < -0.3 is 20.1 Å². The Kier molecular flexibility index (Phi) is 5.81. The first-order chi connectivity index (χ1) is 12.7. The van der Waals surface area contributed by atoms with E-state index in [4.69, 9.17) is 15.2 Å². The van der Waals surface area contributed by atoms with Crippen molar-refractivity contribution in [3.63, 3.8) is 0 Å². The lowest BCUT2D eigenvalue weighted by Gasteiger charge is -2.29. The second-order valence-corrected chi connectivity index (χ2v) is 5.84. The van der Waals surface area contributed by atoms with Crippen molar-refractivity contribution in [3.8, 4) is 5.75 Å². The van der Waals surface area contributed by atoms with Gasteiger partial charge in [0.1, 0.15) is 11.4 Å². The number of benzene rings is 2. The Morgan fingerprint density at radius 2 is 1.81 bits per heavy atom. The quantitative estimate of drug-likeness (QED) is 0.503. The molecule has 0 radical (unpaired) electrons. The second-order valence-electron chi connectivity index (χ2n) is 5.84. The van der Waals surface area contributed by atoms with E-state index >= 15 is 0 Å². The van der Waals surface area contributed by atoms with Crippen LogP contribution in [0, 0.1) is 0 Å². The van der Waals surface area contributed by atoms with Crippen LogP contribution in [-0.4, -0.2) is 43.1 Å². The molecular weight excluding hydrogens is 332 g/mol. The van der Waals surface area contributed by atoms with E-state index < -0.39 is 5.97 Å². The number of para-hydroxylation sites is 1. The van der Waals surface area contributed by atoms with E-state index in [2.05, 4.69) is 0 Å². The van der Waals surface area contributed by atoms with E-state index in [1.165, 1.54) is 0 Å². The molecule has 0 aliphatic carbocycles. The molecule has 1 aliphatic heterocycles. The largest absolute Gasteiger partial charge is 0.422 e. The van der Waals surface area contributed by atoms with Gasteiger partial charge >= 0.3 is 5.97 Å². The highest BCUT2D eigenvalue weighted by Gasteiger charge is 2.21. The summed E-state index contributed by atoms with van der Waals surface area (Å²) < 4.78 is 10.9. The van der Waals surface area contributed by atoms with Gasteiger partial charge in [0.05, 0.1) is 24.3 Å². The third kappa shape index (κ3) is 4.00. The molecular formula is C20H20N2O4. The lowest BCUT2D eigenvalue weighted by Crippen LogP contribution is -2.35. The number of carbonyl (C=O) groups excluding carboxylic acids is 2. The van der Waals surface area contributed by atoms with Crippen LogP contribution >= 0.6 is 0 Å². The number of hydrogen-bond acceptors (Lipinski definition) is 6. The third-order valence-corrected chi connectivity index (χ3v) is 4.19. The molecule has 6 heteroatoms. The van der Waals surface area contributed by atoms with Gasteiger partial charge in [0, 0.05) is 19.6 Å². The highest BCUT2D eigenvalue weighted by molar-refractivity contribution is 5.93. The van der Waals surface area contributed by atoms with Crippen molar-refractivity contribution in [2.45, 2.75) is 6.54 Å². The first-order valence-electron chi connectivity index (χ1n) is 8.41. The Labute approximate surface area is 151 Å². The summed E-state index contributed by atoms with van der Waals surface area (Å²) in [7, 11) is 0. The number of carbonyl (C=O) groups is 1. The van der Waals surface area contributed by atoms with E-state index in [9.17, 15) is 9.59 Å². The van der Waals surface area contributed by atoms with Crippen molar-refractivity contribution in [2.75, 3.05) is 26.3 Å². The lowest BCUT2D eigenvalue weighted by atomic mass is 10.1. The summed E-state index contributed by atoms with van der Waals surface area (Å²) in [6.07, 6.45) is 0. The van der Waals surface area contributed by atoms with Crippen molar-refractivity contribution in [2.24, 2.45) is 5.73 Å². The van der Waals surface area contributed by atoms with Crippen LogP contribution in [0.1, 0.15) is 21.5 Å². The van der Waals surface area contributed by atoms with E-state index in [1.807, 2.05) is 10.8 Å². The average molecular weight is 352 g/mol. The van der Waals surface area contributed by atoms with Gasteiger partial charge in [0.2, 0.25) is 0 Å². The predicted molar refractivity (Wildman–Crippen MR) is 97.2 cm³/mol. The SMILES string of the molecule is NCc1ccc(C(=O)Oc2ccccc2C(=C=O)N2CCOCC2)cc1. The van der Waals surface area contributed by atoms with Gasteiger partial charge in [0.25, 0.3) is 0 Å². The van der Waals surface area contributed by atoms with Crippen LogP contribution in [-0.2, 0) is 16.1 Å². The van der Waals surface area contributed by atoms with Crippen molar-refractivity contribution < 1.29 is 19.1 Å². The van der Waals surface area contributed by atoms with Crippen LogP contribution in [0.5, 0.6) is 5.75 Å². The molecule has 0 aromatic heterocycles. The van der Waals surface area contributed by atoms with Crippen molar-refractivity contribution >= 4 is 17.6 Å². The van der Waals surface area contributed by atoms with Gasteiger partial charge in [-0.05, 0) is 29.8 Å². The minimum absolute atomic E-state index is 0.324. The summed E-state index contributed by atoms with van der Waals surface area (Å²) in [6, 6.07) is 13.9. The van der Waals surface area contributed by atoms with Crippen LogP contribution in [0.25, 0.3) is 5.70 Å². The van der Waals surface area contributed by atoms with Gasteiger partial charge in [-0.1, -0.05) is 24.3 Å². The number of esters is 1. The van der Waals surface area contributed by atoms with Gasteiger partial charge in [0.15, 0.2) is 5.94 Å². The molecule has 0 unspecified atom stereocenters. The van der Waals surface area contributed by atoms with Gasteiger partial charge in [-0.3, -0.25) is 0 Å². The predicted octanol–water partition coefficient (Wildman–Crippen LogP) is 1.87. The zero-order chi connectivity index (χ0) is 18.4. The van der Waals surface area contributed by atoms with Crippen LogP contribution < -0.4 is 10.5 Å². The minimum Gasteiger partial charge on any atom is -0.422 e. The van der Waals surface area contributed by atoms with E-state index in [1.54, 1.807) is 48.5 Å². The molecule has 1 aliphatic rings. The molecule has 134 valence electrons. The average Bonchev–Trinajstić information content (AvgIpc) is 2.70. The van der Waals surface area contributed by atoms with Crippen LogP contribution in [0.4, 0.5) is 0 Å². The summed E-state index contributed by atoms with van der Waals surface area (Å²) in [6.45, 7) is 2.67. The maximum atomic E-state index is 12.5. The molecule has 3 rings (SSSR count). The molecule has 1 saturated heterocycles. The smallest absolute Gasteiger partial charge is 0.343 e. The van der Waals surface area contributed by atoms with Crippen molar-refractivity contribution in [3.05, 3.63) is 65.2 Å². The maximum absolute atomic E-state index is 12.5. The highest BCUT2D eigenvalue weighted by atomic mass is 16.5. The van der Waals surface area contributed by atoms with Crippen LogP contribution in [0.2, 0.25) is 0 Å². The molecule has 2 N–H and O–H groups in total. The normalized spacial score (nSPS) is 13.8. The number of rotatable bonds is 5. The molecule has 2 aromatic carbocycles. The van der Waals surface area contributed by atoms with E-state index in [0.717, 1.165) is 5.56 Å². The molecule has 0 bridgehead atoms. The van der Waals surface area contributed by atoms with Gasteiger partial charge in [-0.25, -0.2) is 9.59 Å². The monoisotopic (exact) mass is 352 g/mol. The van der Waals surface area contributed by atoms with E-state index in [-0.39, 0.29) is 0 Å². The van der Waals surface area contributed by atoms with Crippen LogP contribution in [0.3, 0.4) is 0 Å². The number of morpholine rings is 1. The summed E-state index contributed by atoms with van der Waals surface area (Å²) in [4.78, 5) is 25.9. The number of ether oxygens (including phenoxy) is 2. The first kappa shape index (κ1) is 17.9. The summed E-state index contributed by atoms with van der Waals surface area (Å²) in [5, 5.41) is 0. The molecule has 0 amide bonds. The number of hydrogen-bond donors (Lipinski definition) is 1. The topological polar surface area (TPSA) is 81.9 Å².